The molecule has 0 bridgehead atoms. The van der Waals surface area contributed by atoms with Gasteiger partial charge in [-0.3, -0.25) is 4.79 Å². The van der Waals surface area contributed by atoms with Crippen LogP contribution in [-0.2, 0) is 4.79 Å². The molecule has 0 spiro atoms. The lowest BCUT2D eigenvalue weighted by molar-refractivity contribution is -0.113. The van der Waals surface area contributed by atoms with E-state index in [1.165, 1.54) is 11.8 Å². The lowest BCUT2D eigenvalue weighted by Crippen LogP contribution is -2.15. The SMILES string of the molecule is CCOc1ccccc1NC(=O)CSc1ncc(-c2ccccc2)[nH]1. The fourth-order valence-electron chi connectivity index (χ4n) is 2.31. The zero-order valence-electron chi connectivity index (χ0n) is 13.9. The van der Waals surface area contributed by atoms with Crippen LogP contribution in [0.2, 0.25) is 0 Å². The number of anilines is 1. The number of aromatic nitrogens is 2. The van der Waals surface area contributed by atoms with E-state index in [0.29, 0.717) is 23.2 Å². The second-order valence-electron chi connectivity index (χ2n) is 5.23. The maximum absolute atomic E-state index is 12.2. The van der Waals surface area contributed by atoms with Crippen LogP contribution in [0.1, 0.15) is 6.92 Å². The monoisotopic (exact) mass is 353 g/mol. The third-order valence-corrected chi connectivity index (χ3v) is 4.33. The van der Waals surface area contributed by atoms with Crippen molar-refractivity contribution in [2.75, 3.05) is 17.7 Å². The average molecular weight is 353 g/mol. The van der Waals surface area contributed by atoms with Crippen molar-refractivity contribution in [2.24, 2.45) is 0 Å². The molecule has 2 N–H and O–H groups in total. The Kier molecular flexibility index (Phi) is 5.74. The number of nitrogens with one attached hydrogen (secondary N) is 2. The summed E-state index contributed by atoms with van der Waals surface area (Å²) in [6.45, 7) is 2.46. The maximum Gasteiger partial charge on any atom is 0.234 e. The van der Waals surface area contributed by atoms with Crippen molar-refractivity contribution in [3.05, 3.63) is 60.8 Å². The molecular formula is C19H19N3O2S. The van der Waals surface area contributed by atoms with E-state index in [2.05, 4.69) is 15.3 Å². The Morgan fingerprint density at radius 2 is 1.92 bits per heavy atom. The second-order valence-corrected chi connectivity index (χ2v) is 6.20. The second kappa shape index (κ2) is 8.39. The predicted molar refractivity (Wildman–Crippen MR) is 101 cm³/mol. The van der Waals surface area contributed by atoms with Crippen molar-refractivity contribution in [1.29, 1.82) is 0 Å². The molecule has 0 saturated carbocycles. The van der Waals surface area contributed by atoms with Crippen LogP contribution in [0.5, 0.6) is 5.75 Å². The summed E-state index contributed by atoms with van der Waals surface area (Å²) < 4.78 is 5.51. The molecule has 3 rings (SSSR count). The summed E-state index contributed by atoms with van der Waals surface area (Å²) in [5.41, 5.74) is 2.68. The number of hydrogen-bond acceptors (Lipinski definition) is 4. The fourth-order valence-corrected chi connectivity index (χ4v) is 2.96. The molecule has 0 unspecified atom stereocenters. The van der Waals surface area contributed by atoms with E-state index in [1.807, 2.05) is 61.5 Å². The van der Waals surface area contributed by atoms with E-state index in [-0.39, 0.29) is 11.7 Å². The normalized spacial score (nSPS) is 10.4. The molecule has 0 aliphatic rings. The predicted octanol–water partition coefficient (Wildman–Crippen LogP) is 4.21. The largest absolute Gasteiger partial charge is 0.492 e. The molecule has 0 radical (unpaired) electrons. The van der Waals surface area contributed by atoms with Crippen LogP contribution in [0.15, 0.2) is 66.0 Å². The highest BCUT2D eigenvalue weighted by atomic mass is 32.2. The Bertz CT molecular complexity index is 833. The summed E-state index contributed by atoms with van der Waals surface area (Å²) in [6.07, 6.45) is 1.78. The molecule has 25 heavy (non-hydrogen) atoms. The van der Waals surface area contributed by atoms with Gasteiger partial charge in [0.25, 0.3) is 0 Å². The first-order valence-corrected chi connectivity index (χ1v) is 8.99. The van der Waals surface area contributed by atoms with Gasteiger partial charge in [-0.15, -0.1) is 0 Å². The molecule has 5 nitrogen and oxygen atoms in total. The summed E-state index contributed by atoms with van der Waals surface area (Å²) in [4.78, 5) is 19.7. The molecule has 6 heteroatoms. The standard InChI is InChI=1S/C19H19N3O2S/c1-2-24-17-11-7-6-10-15(17)21-18(23)13-25-19-20-12-16(22-19)14-8-4-3-5-9-14/h3-12H,2,13H2,1H3,(H,20,22)(H,21,23). The van der Waals surface area contributed by atoms with Crippen LogP contribution in [0.25, 0.3) is 11.3 Å². The number of para-hydroxylation sites is 2. The lowest BCUT2D eigenvalue weighted by Gasteiger charge is -2.10. The number of H-pyrrole nitrogens is 1. The molecule has 0 saturated heterocycles. The molecule has 1 heterocycles. The van der Waals surface area contributed by atoms with Gasteiger partial charge in [0.1, 0.15) is 5.75 Å². The number of hydrogen-bond donors (Lipinski definition) is 2. The van der Waals surface area contributed by atoms with Gasteiger partial charge >= 0.3 is 0 Å². The number of thioether (sulfide) groups is 1. The molecular weight excluding hydrogens is 334 g/mol. The third kappa shape index (κ3) is 4.64. The molecule has 0 aliphatic carbocycles. The van der Waals surface area contributed by atoms with Gasteiger partial charge < -0.3 is 15.0 Å². The number of amides is 1. The quantitative estimate of drug-likeness (QED) is 0.625. The number of aromatic amines is 1. The van der Waals surface area contributed by atoms with Crippen LogP contribution in [-0.4, -0.2) is 28.2 Å². The van der Waals surface area contributed by atoms with Crippen molar-refractivity contribution < 1.29 is 9.53 Å². The van der Waals surface area contributed by atoms with Crippen LogP contribution in [0.4, 0.5) is 5.69 Å². The highest BCUT2D eigenvalue weighted by molar-refractivity contribution is 7.99. The lowest BCUT2D eigenvalue weighted by atomic mass is 10.2. The molecule has 2 aromatic carbocycles. The van der Waals surface area contributed by atoms with Gasteiger partial charge in [0.05, 0.1) is 29.9 Å². The van der Waals surface area contributed by atoms with Crippen molar-refractivity contribution in [2.45, 2.75) is 12.1 Å². The third-order valence-electron chi connectivity index (χ3n) is 3.44. The number of carbonyl (C=O) groups excluding carboxylic acids is 1. The van der Waals surface area contributed by atoms with Crippen LogP contribution in [0.3, 0.4) is 0 Å². The van der Waals surface area contributed by atoms with E-state index in [1.54, 1.807) is 6.20 Å². The van der Waals surface area contributed by atoms with Gasteiger partial charge in [-0.25, -0.2) is 4.98 Å². The number of ether oxygens (including phenoxy) is 1. The molecule has 0 atom stereocenters. The highest BCUT2D eigenvalue weighted by Gasteiger charge is 2.10. The van der Waals surface area contributed by atoms with E-state index < -0.39 is 0 Å². The van der Waals surface area contributed by atoms with Crippen molar-refractivity contribution in [3.63, 3.8) is 0 Å². The van der Waals surface area contributed by atoms with E-state index >= 15 is 0 Å². The van der Waals surface area contributed by atoms with Crippen LogP contribution < -0.4 is 10.1 Å². The highest BCUT2D eigenvalue weighted by Crippen LogP contribution is 2.25. The Morgan fingerprint density at radius 1 is 1.16 bits per heavy atom. The molecule has 1 aromatic heterocycles. The van der Waals surface area contributed by atoms with E-state index in [9.17, 15) is 4.79 Å². The Hall–Kier alpha value is -2.73. The average Bonchev–Trinajstić information content (AvgIpc) is 3.12. The van der Waals surface area contributed by atoms with E-state index in [0.717, 1.165) is 11.3 Å². The summed E-state index contributed by atoms with van der Waals surface area (Å²) in [5.74, 6) is 0.838. The molecule has 0 aliphatic heterocycles. The first kappa shape index (κ1) is 17.1. The smallest absolute Gasteiger partial charge is 0.234 e. The van der Waals surface area contributed by atoms with Gasteiger partial charge in [-0.1, -0.05) is 54.2 Å². The molecule has 128 valence electrons. The Labute approximate surface area is 150 Å². The summed E-state index contributed by atoms with van der Waals surface area (Å²) in [7, 11) is 0. The molecule has 3 aromatic rings. The van der Waals surface area contributed by atoms with Crippen molar-refractivity contribution >= 4 is 23.4 Å². The van der Waals surface area contributed by atoms with Gasteiger partial charge in [-0.05, 0) is 24.6 Å². The Morgan fingerprint density at radius 3 is 2.72 bits per heavy atom. The van der Waals surface area contributed by atoms with Gasteiger partial charge in [0, 0.05) is 0 Å². The first-order chi connectivity index (χ1) is 12.3. The van der Waals surface area contributed by atoms with E-state index in [4.69, 9.17) is 4.74 Å². The Balaban J connectivity index is 1.57. The minimum atomic E-state index is -0.102. The topological polar surface area (TPSA) is 67.0 Å². The number of nitrogens with zero attached hydrogens (tertiary/aromatic N) is 1. The molecule has 1 amide bonds. The van der Waals surface area contributed by atoms with Gasteiger partial charge in [-0.2, -0.15) is 0 Å². The summed E-state index contributed by atoms with van der Waals surface area (Å²) >= 11 is 1.36. The zero-order chi connectivity index (χ0) is 17.5. The number of carbonyl (C=O) groups is 1. The zero-order valence-corrected chi connectivity index (χ0v) is 14.7. The van der Waals surface area contributed by atoms with Gasteiger partial charge in [0.2, 0.25) is 5.91 Å². The minimum absolute atomic E-state index is 0.102. The van der Waals surface area contributed by atoms with Crippen molar-refractivity contribution in [1.82, 2.24) is 9.97 Å². The maximum atomic E-state index is 12.2. The number of imidazole rings is 1. The number of benzene rings is 2. The molecule has 0 fully saturated rings. The van der Waals surface area contributed by atoms with Crippen LogP contribution in [0, 0.1) is 0 Å². The number of rotatable bonds is 7. The van der Waals surface area contributed by atoms with Gasteiger partial charge in [0.15, 0.2) is 5.16 Å². The minimum Gasteiger partial charge on any atom is -0.492 e. The van der Waals surface area contributed by atoms with Crippen molar-refractivity contribution in [3.8, 4) is 17.0 Å². The summed E-state index contributed by atoms with van der Waals surface area (Å²) in [6, 6.07) is 17.4. The summed E-state index contributed by atoms with van der Waals surface area (Å²) in [5, 5.41) is 3.59. The fraction of sp³-hybridized carbons (Fsp3) is 0.158. The van der Waals surface area contributed by atoms with Crippen LogP contribution >= 0.6 is 11.8 Å². The first-order valence-electron chi connectivity index (χ1n) is 8.01.